The van der Waals surface area contributed by atoms with Crippen molar-refractivity contribution in [2.75, 3.05) is 26.2 Å². The van der Waals surface area contributed by atoms with Gasteiger partial charge in [-0.3, -0.25) is 14.9 Å². The van der Waals surface area contributed by atoms with Gasteiger partial charge in [0, 0.05) is 56.1 Å². The van der Waals surface area contributed by atoms with E-state index in [9.17, 15) is 4.79 Å². The van der Waals surface area contributed by atoms with Crippen molar-refractivity contribution in [2.24, 2.45) is 0 Å². The van der Waals surface area contributed by atoms with Gasteiger partial charge < -0.3 is 9.64 Å². The van der Waals surface area contributed by atoms with Crippen molar-refractivity contribution in [1.82, 2.24) is 19.8 Å². The van der Waals surface area contributed by atoms with E-state index in [1.165, 1.54) is 0 Å². The maximum absolute atomic E-state index is 12.5. The van der Waals surface area contributed by atoms with Crippen molar-refractivity contribution in [3.05, 3.63) is 66.1 Å². The molecule has 4 rings (SSSR count). The highest BCUT2D eigenvalue weighted by Crippen LogP contribution is 2.20. The summed E-state index contributed by atoms with van der Waals surface area (Å²) in [5, 5.41) is 1.02. The second-order valence-corrected chi connectivity index (χ2v) is 6.76. The summed E-state index contributed by atoms with van der Waals surface area (Å²) in [6.07, 6.45) is 1.43. The maximum Gasteiger partial charge on any atom is 0.415 e. The Kier molecular flexibility index (Phi) is 4.98. The number of amides is 1. The first-order valence-corrected chi connectivity index (χ1v) is 9.14. The number of rotatable bonds is 3. The van der Waals surface area contributed by atoms with Crippen molar-refractivity contribution >= 4 is 17.0 Å². The van der Waals surface area contributed by atoms with Crippen molar-refractivity contribution in [3.8, 4) is 5.75 Å². The van der Waals surface area contributed by atoms with Crippen LogP contribution in [0.3, 0.4) is 0 Å². The first kappa shape index (κ1) is 17.4. The summed E-state index contributed by atoms with van der Waals surface area (Å²) in [6, 6.07) is 15.5. The molecule has 0 saturated carbocycles. The summed E-state index contributed by atoms with van der Waals surface area (Å²) in [5.41, 5.74) is 2.91. The molecule has 138 valence electrons. The minimum atomic E-state index is -0.307. The number of benzene rings is 1. The van der Waals surface area contributed by atoms with Crippen LogP contribution in [0.1, 0.15) is 11.4 Å². The van der Waals surface area contributed by atoms with Crippen LogP contribution in [0.25, 0.3) is 10.9 Å². The lowest BCUT2D eigenvalue weighted by Crippen LogP contribution is -2.49. The molecule has 1 amide bonds. The summed E-state index contributed by atoms with van der Waals surface area (Å²) in [4.78, 5) is 25.4. The number of hydrogen-bond acceptors (Lipinski definition) is 5. The smallest absolute Gasteiger partial charge is 0.410 e. The van der Waals surface area contributed by atoms with E-state index in [2.05, 4.69) is 14.9 Å². The molecule has 0 atom stereocenters. The predicted octanol–water partition coefficient (Wildman–Crippen LogP) is 3.25. The second-order valence-electron chi connectivity index (χ2n) is 6.76. The standard InChI is InChI=1S/C21H22N4O2/c1-16-4-2-6-18(23-16)15-24-10-12-25(13-11-24)21(26)27-19-8-7-17-5-3-9-22-20(17)14-19/h2-9,14H,10-13,15H2,1H3. The van der Waals surface area contributed by atoms with Crippen molar-refractivity contribution < 1.29 is 9.53 Å². The van der Waals surface area contributed by atoms with Gasteiger partial charge in [0.15, 0.2) is 0 Å². The average molecular weight is 362 g/mol. The molecule has 3 aromatic rings. The van der Waals surface area contributed by atoms with Crippen molar-refractivity contribution in [2.45, 2.75) is 13.5 Å². The number of fused-ring (bicyclic) bond motifs is 1. The van der Waals surface area contributed by atoms with Gasteiger partial charge in [-0.15, -0.1) is 0 Å². The molecule has 27 heavy (non-hydrogen) atoms. The quantitative estimate of drug-likeness (QED) is 0.716. The third kappa shape index (κ3) is 4.23. The number of ether oxygens (including phenoxy) is 1. The Hall–Kier alpha value is -2.99. The van der Waals surface area contributed by atoms with Crippen LogP contribution in [0, 0.1) is 6.92 Å². The molecule has 2 aromatic heterocycles. The zero-order valence-electron chi connectivity index (χ0n) is 15.3. The number of hydrogen-bond donors (Lipinski definition) is 0. The number of aryl methyl sites for hydroxylation is 1. The average Bonchev–Trinajstić information content (AvgIpc) is 2.68. The molecule has 0 bridgehead atoms. The molecule has 1 aliphatic heterocycles. The van der Waals surface area contributed by atoms with Gasteiger partial charge in [0.1, 0.15) is 5.75 Å². The molecule has 3 heterocycles. The van der Waals surface area contributed by atoms with Crippen molar-refractivity contribution in [1.29, 1.82) is 0 Å². The summed E-state index contributed by atoms with van der Waals surface area (Å²) in [7, 11) is 0. The highest BCUT2D eigenvalue weighted by atomic mass is 16.6. The monoisotopic (exact) mass is 362 g/mol. The summed E-state index contributed by atoms with van der Waals surface area (Å²) < 4.78 is 5.55. The lowest BCUT2D eigenvalue weighted by Gasteiger charge is -2.33. The van der Waals surface area contributed by atoms with E-state index in [0.29, 0.717) is 18.8 Å². The Bertz CT molecular complexity index is 952. The fourth-order valence-electron chi connectivity index (χ4n) is 3.28. The first-order valence-electron chi connectivity index (χ1n) is 9.14. The largest absolute Gasteiger partial charge is 0.415 e. The SMILES string of the molecule is Cc1cccc(CN2CCN(C(=O)Oc3ccc4cccnc4c3)CC2)n1. The van der Waals surface area contributed by atoms with Crippen LogP contribution in [-0.2, 0) is 6.54 Å². The van der Waals surface area contributed by atoms with Gasteiger partial charge >= 0.3 is 6.09 Å². The van der Waals surface area contributed by atoms with Crippen molar-refractivity contribution in [3.63, 3.8) is 0 Å². The fraction of sp³-hybridized carbons (Fsp3) is 0.286. The van der Waals surface area contributed by atoms with Gasteiger partial charge in [-0.05, 0) is 37.3 Å². The third-order valence-electron chi connectivity index (χ3n) is 4.74. The Balaban J connectivity index is 1.32. The molecule has 0 aliphatic carbocycles. The topological polar surface area (TPSA) is 58.6 Å². The van der Waals surface area contributed by atoms with E-state index in [-0.39, 0.29) is 6.09 Å². The Morgan fingerprint density at radius 1 is 1.07 bits per heavy atom. The zero-order valence-corrected chi connectivity index (χ0v) is 15.3. The molecular formula is C21H22N4O2. The van der Waals surface area contributed by atoms with Gasteiger partial charge in [0.05, 0.1) is 11.2 Å². The molecular weight excluding hydrogens is 340 g/mol. The van der Waals surface area contributed by atoms with Crippen LogP contribution >= 0.6 is 0 Å². The number of piperazine rings is 1. The van der Waals surface area contributed by atoms with E-state index in [1.54, 1.807) is 17.2 Å². The maximum atomic E-state index is 12.5. The van der Waals surface area contributed by atoms with E-state index in [1.807, 2.05) is 49.4 Å². The highest BCUT2D eigenvalue weighted by Gasteiger charge is 2.23. The molecule has 1 aliphatic rings. The lowest BCUT2D eigenvalue weighted by molar-refractivity contribution is 0.107. The zero-order chi connectivity index (χ0) is 18.6. The molecule has 1 saturated heterocycles. The molecule has 0 spiro atoms. The molecule has 1 fully saturated rings. The van der Waals surface area contributed by atoms with Crippen LogP contribution < -0.4 is 4.74 Å². The molecule has 6 heteroatoms. The third-order valence-corrected chi connectivity index (χ3v) is 4.74. The lowest BCUT2D eigenvalue weighted by atomic mass is 10.2. The first-order chi connectivity index (χ1) is 13.2. The Morgan fingerprint density at radius 2 is 1.93 bits per heavy atom. The van der Waals surface area contributed by atoms with Crippen LogP contribution in [0.5, 0.6) is 5.75 Å². The van der Waals surface area contributed by atoms with Crippen LogP contribution in [-0.4, -0.2) is 52.0 Å². The van der Waals surface area contributed by atoms with Crippen LogP contribution in [0.2, 0.25) is 0 Å². The summed E-state index contributed by atoms with van der Waals surface area (Å²) in [5.74, 6) is 0.526. The van der Waals surface area contributed by atoms with Crippen LogP contribution in [0.15, 0.2) is 54.7 Å². The minimum absolute atomic E-state index is 0.307. The Labute approximate surface area is 158 Å². The Morgan fingerprint density at radius 3 is 2.74 bits per heavy atom. The second kappa shape index (κ2) is 7.72. The van der Waals surface area contributed by atoms with Gasteiger partial charge in [0.2, 0.25) is 0 Å². The van der Waals surface area contributed by atoms with E-state index < -0.39 is 0 Å². The number of pyridine rings is 2. The fourth-order valence-corrected chi connectivity index (χ4v) is 3.28. The highest BCUT2D eigenvalue weighted by molar-refractivity contribution is 5.81. The molecule has 0 radical (unpaired) electrons. The predicted molar refractivity (Wildman–Crippen MR) is 104 cm³/mol. The summed E-state index contributed by atoms with van der Waals surface area (Å²) >= 11 is 0. The van der Waals surface area contributed by atoms with Gasteiger partial charge in [-0.25, -0.2) is 4.79 Å². The number of carbonyl (C=O) groups is 1. The number of nitrogens with zero attached hydrogens (tertiary/aromatic N) is 4. The van der Waals surface area contributed by atoms with Gasteiger partial charge in [-0.1, -0.05) is 12.1 Å². The normalized spacial score (nSPS) is 15.1. The van der Waals surface area contributed by atoms with E-state index >= 15 is 0 Å². The summed E-state index contributed by atoms with van der Waals surface area (Å²) in [6.45, 7) is 5.72. The van der Waals surface area contributed by atoms with E-state index in [0.717, 1.165) is 41.9 Å². The van der Waals surface area contributed by atoms with Gasteiger partial charge in [-0.2, -0.15) is 0 Å². The van der Waals surface area contributed by atoms with Gasteiger partial charge in [0.25, 0.3) is 0 Å². The number of carbonyl (C=O) groups excluding carboxylic acids is 1. The minimum Gasteiger partial charge on any atom is -0.410 e. The van der Waals surface area contributed by atoms with Crippen LogP contribution in [0.4, 0.5) is 4.79 Å². The molecule has 6 nitrogen and oxygen atoms in total. The van der Waals surface area contributed by atoms with E-state index in [4.69, 9.17) is 4.74 Å². The molecule has 0 N–H and O–H groups in total. The molecule has 1 aromatic carbocycles. The molecule has 0 unspecified atom stereocenters. The number of aromatic nitrogens is 2.